The molecule has 2 aliphatic heterocycles. The zero-order valence-electron chi connectivity index (χ0n) is 19.1. The van der Waals surface area contributed by atoms with Gasteiger partial charge in [0.2, 0.25) is 0 Å². The van der Waals surface area contributed by atoms with Gasteiger partial charge in [0, 0.05) is 28.6 Å². The van der Waals surface area contributed by atoms with Crippen LogP contribution in [0.5, 0.6) is 0 Å². The molecule has 178 valence electrons. The molecule has 1 N–H and O–H groups in total. The minimum absolute atomic E-state index is 0. The molecule has 0 radical (unpaired) electrons. The number of benzene rings is 1. The highest BCUT2D eigenvalue weighted by Crippen LogP contribution is 2.45. The molecule has 3 aliphatic rings. The van der Waals surface area contributed by atoms with E-state index >= 15 is 0 Å². The zero-order chi connectivity index (χ0) is 23.2. The minimum atomic E-state index is -1.87. The molecule has 0 saturated carbocycles. The van der Waals surface area contributed by atoms with Gasteiger partial charge in [0.25, 0.3) is 5.56 Å². The van der Waals surface area contributed by atoms with Gasteiger partial charge in [-0.2, -0.15) is 0 Å². The van der Waals surface area contributed by atoms with E-state index in [1.165, 1.54) is 6.07 Å². The lowest BCUT2D eigenvalue weighted by molar-refractivity contribution is -0.172. The van der Waals surface area contributed by atoms with E-state index in [0.717, 1.165) is 34.9 Å². The summed E-state index contributed by atoms with van der Waals surface area (Å²) in [7, 11) is 3.98. The van der Waals surface area contributed by atoms with E-state index in [1.807, 2.05) is 14.1 Å². The molecule has 1 aromatic carbocycles. The van der Waals surface area contributed by atoms with Crippen molar-refractivity contribution in [3.63, 3.8) is 0 Å². The van der Waals surface area contributed by atoms with Gasteiger partial charge < -0.3 is 19.3 Å². The molecule has 6 rings (SSSR count). The molecule has 3 aromatic rings. The number of aryl methyl sites for hydroxylation is 1. The maximum atomic E-state index is 14.6. The molecule has 0 saturated heterocycles. The number of hydrogen-bond donors (Lipinski definition) is 1. The van der Waals surface area contributed by atoms with Crippen LogP contribution in [0.25, 0.3) is 22.3 Å². The molecule has 34 heavy (non-hydrogen) atoms. The standard InChI is InChI=1S/C25H24FN3O4.ClH/c1-4-25(32)17-9-20-22-15(10-29(20)23(30)16(17)11-33-24(25)31)13-5-6-19(28(2)3)14-7-12(26)8-18(27-22)21(13)14;/h7-9,19,32H,4-6,10-11H2,1-3H3;1H/t19?,25-;/m0./s1. The molecule has 0 spiro atoms. The highest BCUT2D eigenvalue weighted by atomic mass is 35.5. The first-order valence-electron chi connectivity index (χ1n) is 11.2. The van der Waals surface area contributed by atoms with E-state index in [9.17, 15) is 19.1 Å². The van der Waals surface area contributed by atoms with E-state index in [1.54, 1.807) is 23.6 Å². The fraction of sp³-hybridized carbons (Fsp3) is 0.400. The van der Waals surface area contributed by atoms with Gasteiger partial charge in [-0.05, 0) is 56.6 Å². The normalized spacial score (nSPS) is 22.2. The Balaban J connectivity index is 0.00000241. The molecule has 0 bridgehead atoms. The number of cyclic esters (lactones) is 1. The molecule has 9 heteroatoms. The Labute approximate surface area is 201 Å². The van der Waals surface area contributed by atoms with Gasteiger partial charge in [-0.15, -0.1) is 12.4 Å². The van der Waals surface area contributed by atoms with Crippen LogP contribution in [0.15, 0.2) is 23.0 Å². The molecule has 2 aromatic heterocycles. The van der Waals surface area contributed by atoms with Crippen LogP contribution in [-0.4, -0.2) is 39.6 Å². The predicted octanol–water partition coefficient (Wildman–Crippen LogP) is 3.19. The topological polar surface area (TPSA) is 84.7 Å². The lowest BCUT2D eigenvalue weighted by atomic mass is 9.83. The Hall–Kier alpha value is -2.81. The van der Waals surface area contributed by atoms with Crippen LogP contribution >= 0.6 is 12.4 Å². The Morgan fingerprint density at radius 2 is 2.00 bits per heavy atom. The molecule has 2 atom stereocenters. The first kappa shape index (κ1) is 23.0. The fourth-order valence-electron chi connectivity index (χ4n) is 5.82. The fourth-order valence-corrected chi connectivity index (χ4v) is 5.82. The first-order chi connectivity index (χ1) is 15.7. The molecule has 0 amide bonds. The highest BCUT2D eigenvalue weighted by molar-refractivity contribution is 5.92. The predicted molar refractivity (Wildman–Crippen MR) is 126 cm³/mol. The number of carbonyl (C=O) groups excluding carboxylic acids is 1. The van der Waals surface area contributed by atoms with E-state index in [2.05, 4.69) is 4.90 Å². The van der Waals surface area contributed by atoms with Crippen molar-refractivity contribution in [2.24, 2.45) is 0 Å². The summed E-state index contributed by atoms with van der Waals surface area (Å²) in [6, 6.07) is 4.83. The van der Waals surface area contributed by atoms with Gasteiger partial charge in [-0.25, -0.2) is 14.2 Å². The minimum Gasteiger partial charge on any atom is -0.458 e. The summed E-state index contributed by atoms with van der Waals surface area (Å²) in [5, 5.41) is 12.0. The van der Waals surface area contributed by atoms with Gasteiger partial charge in [-0.3, -0.25) is 4.79 Å². The molecule has 0 fully saturated rings. The van der Waals surface area contributed by atoms with Crippen molar-refractivity contribution in [1.82, 2.24) is 14.5 Å². The Morgan fingerprint density at radius 1 is 1.24 bits per heavy atom. The summed E-state index contributed by atoms with van der Waals surface area (Å²) in [6.07, 6.45) is 1.73. The number of aromatic nitrogens is 2. The van der Waals surface area contributed by atoms with Crippen LogP contribution in [0.4, 0.5) is 4.39 Å². The number of carbonyl (C=O) groups is 1. The monoisotopic (exact) mass is 485 g/mol. The summed E-state index contributed by atoms with van der Waals surface area (Å²) in [5.74, 6) is -1.09. The number of ether oxygens (including phenoxy) is 1. The number of esters is 1. The second kappa shape index (κ2) is 7.60. The number of nitrogens with zero attached hydrogens (tertiary/aromatic N) is 3. The smallest absolute Gasteiger partial charge is 0.343 e. The second-order valence-electron chi connectivity index (χ2n) is 9.43. The van der Waals surface area contributed by atoms with Gasteiger partial charge in [0.05, 0.1) is 29.0 Å². The number of halogens is 2. The number of pyridine rings is 2. The van der Waals surface area contributed by atoms with Crippen molar-refractivity contribution in [3.8, 4) is 11.4 Å². The van der Waals surface area contributed by atoms with Gasteiger partial charge in [-0.1, -0.05) is 6.92 Å². The molecule has 7 nitrogen and oxygen atoms in total. The maximum absolute atomic E-state index is 14.6. The first-order valence-corrected chi connectivity index (χ1v) is 11.2. The van der Waals surface area contributed by atoms with E-state index < -0.39 is 11.6 Å². The number of rotatable bonds is 2. The van der Waals surface area contributed by atoms with Crippen molar-refractivity contribution in [2.75, 3.05) is 14.1 Å². The van der Waals surface area contributed by atoms with Crippen LogP contribution in [0, 0.1) is 5.82 Å². The van der Waals surface area contributed by atoms with E-state index in [0.29, 0.717) is 29.0 Å². The lowest BCUT2D eigenvalue weighted by Crippen LogP contribution is -2.44. The Bertz CT molecular complexity index is 1450. The van der Waals surface area contributed by atoms with Crippen molar-refractivity contribution in [3.05, 3.63) is 62.2 Å². The van der Waals surface area contributed by atoms with Crippen LogP contribution < -0.4 is 5.56 Å². The van der Waals surface area contributed by atoms with E-state index in [4.69, 9.17) is 9.72 Å². The second-order valence-corrected chi connectivity index (χ2v) is 9.43. The van der Waals surface area contributed by atoms with Crippen molar-refractivity contribution in [1.29, 1.82) is 0 Å². The summed E-state index contributed by atoms with van der Waals surface area (Å²) < 4.78 is 21.4. The molecular weight excluding hydrogens is 461 g/mol. The number of fused-ring (bicyclic) bond motifs is 5. The molecular formula is C25H25ClFN3O4. The number of hydrogen-bond acceptors (Lipinski definition) is 6. The van der Waals surface area contributed by atoms with Crippen LogP contribution in [0.1, 0.15) is 53.6 Å². The molecule has 4 heterocycles. The molecule has 1 aliphatic carbocycles. The van der Waals surface area contributed by atoms with Crippen LogP contribution in [0.2, 0.25) is 0 Å². The summed E-state index contributed by atoms with van der Waals surface area (Å²) >= 11 is 0. The van der Waals surface area contributed by atoms with Crippen LogP contribution in [0.3, 0.4) is 0 Å². The summed E-state index contributed by atoms with van der Waals surface area (Å²) in [6.45, 7) is 1.88. The average molecular weight is 486 g/mol. The molecule has 1 unspecified atom stereocenters. The Kier molecular flexibility index (Phi) is 5.13. The average Bonchev–Trinajstić information content (AvgIpc) is 3.15. The largest absolute Gasteiger partial charge is 0.458 e. The summed E-state index contributed by atoms with van der Waals surface area (Å²) in [5.41, 5.74) is 3.15. The number of aliphatic hydroxyl groups is 1. The quantitative estimate of drug-likeness (QED) is 0.439. The van der Waals surface area contributed by atoms with Gasteiger partial charge in [0.1, 0.15) is 12.4 Å². The van der Waals surface area contributed by atoms with Crippen molar-refractivity contribution in [2.45, 2.75) is 51.0 Å². The SMILES string of the molecule is CC[C@@]1(O)C(=O)OCc2c1cc1n(c2=O)Cc2c-1nc1cc(F)cc3c1c2CCC3N(C)C.Cl. The summed E-state index contributed by atoms with van der Waals surface area (Å²) in [4.78, 5) is 32.7. The van der Waals surface area contributed by atoms with Crippen molar-refractivity contribution >= 4 is 29.3 Å². The lowest BCUT2D eigenvalue weighted by Gasteiger charge is -2.31. The third-order valence-corrected chi connectivity index (χ3v) is 7.55. The highest BCUT2D eigenvalue weighted by Gasteiger charge is 2.45. The third-order valence-electron chi connectivity index (χ3n) is 7.55. The van der Waals surface area contributed by atoms with Gasteiger partial charge in [0.15, 0.2) is 5.60 Å². The zero-order valence-corrected chi connectivity index (χ0v) is 20.0. The third kappa shape index (κ3) is 2.85. The van der Waals surface area contributed by atoms with E-state index in [-0.39, 0.29) is 48.4 Å². The Morgan fingerprint density at radius 3 is 2.71 bits per heavy atom. The van der Waals surface area contributed by atoms with Crippen molar-refractivity contribution < 1.29 is 19.0 Å². The maximum Gasteiger partial charge on any atom is 0.343 e. The van der Waals surface area contributed by atoms with Gasteiger partial charge >= 0.3 is 5.97 Å². The van der Waals surface area contributed by atoms with Crippen LogP contribution in [-0.2, 0) is 34.7 Å².